The second kappa shape index (κ2) is 5.99. The van der Waals surface area contributed by atoms with Crippen LogP contribution in [-0.4, -0.2) is 16.4 Å². The molecule has 0 bridgehead atoms. The summed E-state index contributed by atoms with van der Waals surface area (Å²) in [4.78, 5) is 0. The van der Waals surface area contributed by atoms with E-state index in [1.54, 1.807) is 0 Å². The Hall–Kier alpha value is -1.97. The highest BCUT2D eigenvalue weighted by Crippen LogP contribution is 2.26. The third kappa shape index (κ3) is 3.13. The fourth-order valence-electron chi connectivity index (χ4n) is 2.41. The molecule has 20 heavy (non-hydrogen) atoms. The van der Waals surface area contributed by atoms with Crippen molar-refractivity contribution in [2.75, 3.05) is 11.9 Å². The van der Waals surface area contributed by atoms with Crippen molar-refractivity contribution in [1.82, 2.24) is 9.78 Å². The van der Waals surface area contributed by atoms with Crippen LogP contribution >= 0.6 is 0 Å². The van der Waals surface area contributed by atoms with Gasteiger partial charge in [-0.3, -0.25) is 4.68 Å². The van der Waals surface area contributed by atoms with E-state index in [0.717, 1.165) is 17.1 Å². The molecule has 0 amide bonds. The summed E-state index contributed by atoms with van der Waals surface area (Å²) in [6.07, 6.45) is 2.07. The van der Waals surface area contributed by atoms with Crippen molar-refractivity contribution in [3.63, 3.8) is 0 Å². The number of nitrogens with zero attached hydrogens (tertiary/aromatic N) is 2. The highest BCUT2D eigenvalue weighted by atomic mass is 16.5. The molecule has 0 fully saturated rings. The van der Waals surface area contributed by atoms with Crippen LogP contribution in [0.5, 0.6) is 5.75 Å². The van der Waals surface area contributed by atoms with Crippen molar-refractivity contribution in [3.8, 4) is 5.75 Å². The maximum absolute atomic E-state index is 5.51. The van der Waals surface area contributed by atoms with E-state index in [9.17, 15) is 0 Å². The van der Waals surface area contributed by atoms with E-state index < -0.39 is 0 Å². The van der Waals surface area contributed by atoms with Gasteiger partial charge in [-0.25, -0.2) is 0 Å². The lowest BCUT2D eigenvalue weighted by atomic mass is 10.1. The molecule has 0 saturated carbocycles. The lowest BCUT2D eigenvalue weighted by Gasteiger charge is -2.17. The van der Waals surface area contributed by atoms with Gasteiger partial charge in [-0.15, -0.1) is 0 Å². The number of aryl methyl sites for hydroxylation is 3. The summed E-state index contributed by atoms with van der Waals surface area (Å²) < 4.78 is 7.37. The molecule has 1 unspecified atom stereocenters. The Morgan fingerprint density at radius 3 is 2.65 bits per heavy atom. The van der Waals surface area contributed by atoms with E-state index in [4.69, 9.17) is 4.74 Å². The number of ether oxygens (including phenoxy) is 1. The summed E-state index contributed by atoms with van der Waals surface area (Å²) in [5.74, 6) is 0.917. The van der Waals surface area contributed by atoms with Crippen LogP contribution in [0, 0.1) is 13.8 Å². The lowest BCUT2D eigenvalue weighted by Crippen LogP contribution is -2.08. The molecule has 0 radical (unpaired) electrons. The molecule has 0 aliphatic carbocycles. The summed E-state index contributed by atoms with van der Waals surface area (Å²) >= 11 is 0. The first-order chi connectivity index (χ1) is 9.51. The van der Waals surface area contributed by atoms with Crippen LogP contribution in [0.2, 0.25) is 0 Å². The van der Waals surface area contributed by atoms with Crippen LogP contribution in [0.25, 0.3) is 0 Å². The topological polar surface area (TPSA) is 39.1 Å². The average molecular weight is 273 g/mol. The normalized spacial score (nSPS) is 12.2. The lowest BCUT2D eigenvalue weighted by molar-refractivity contribution is 0.340. The van der Waals surface area contributed by atoms with Crippen LogP contribution in [-0.2, 0) is 7.05 Å². The van der Waals surface area contributed by atoms with Gasteiger partial charge in [-0.05, 0) is 51.5 Å². The minimum atomic E-state index is 0.223. The van der Waals surface area contributed by atoms with Crippen LogP contribution in [0.15, 0.2) is 24.4 Å². The summed E-state index contributed by atoms with van der Waals surface area (Å²) in [5, 5.41) is 7.93. The van der Waals surface area contributed by atoms with Gasteiger partial charge in [0, 0.05) is 24.5 Å². The number of rotatable bonds is 5. The van der Waals surface area contributed by atoms with Crippen molar-refractivity contribution in [2.45, 2.75) is 33.7 Å². The number of nitrogens with one attached hydrogen (secondary N) is 1. The third-order valence-electron chi connectivity index (χ3n) is 3.40. The van der Waals surface area contributed by atoms with Crippen molar-refractivity contribution in [2.24, 2.45) is 7.05 Å². The van der Waals surface area contributed by atoms with Gasteiger partial charge in [-0.2, -0.15) is 5.10 Å². The molecule has 0 spiro atoms. The number of hydrogen-bond donors (Lipinski definition) is 1. The van der Waals surface area contributed by atoms with Crippen LogP contribution in [0.1, 0.15) is 36.7 Å². The zero-order valence-corrected chi connectivity index (χ0v) is 12.9. The predicted octanol–water partition coefficient (Wildman–Crippen LogP) is 3.61. The monoisotopic (exact) mass is 273 g/mol. The third-order valence-corrected chi connectivity index (χ3v) is 3.40. The first-order valence-corrected chi connectivity index (χ1v) is 7.01. The highest BCUT2D eigenvalue weighted by Gasteiger charge is 2.12. The molecule has 0 saturated heterocycles. The Morgan fingerprint density at radius 1 is 1.35 bits per heavy atom. The van der Waals surface area contributed by atoms with E-state index in [-0.39, 0.29) is 6.04 Å². The second-order valence-electron chi connectivity index (χ2n) is 5.12. The van der Waals surface area contributed by atoms with Gasteiger partial charge in [0.05, 0.1) is 18.3 Å². The summed E-state index contributed by atoms with van der Waals surface area (Å²) in [6, 6.07) is 6.36. The van der Waals surface area contributed by atoms with E-state index in [1.807, 2.05) is 31.6 Å². The van der Waals surface area contributed by atoms with E-state index in [0.29, 0.717) is 6.61 Å². The molecule has 2 rings (SSSR count). The smallest absolute Gasteiger partial charge is 0.119 e. The van der Waals surface area contributed by atoms with Crippen molar-refractivity contribution in [3.05, 3.63) is 41.2 Å². The molecule has 2 aromatic rings. The minimum absolute atomic E-state index is 0.223. The zero-order valence-electron chi connectivity index (χ0n) is 12.9. The minimum Gasteiger partial charge on any atom is -0.494 e. The Bertz CT molecular complexity index is 589. The molecule has 0 aliphatic heterocycles. The summed E-state index contributed by atoms with van der Waals surface area (Å²) in [6.45, 7) is 8.97. The Kier molecular flexibility index (Phi) is 4.32. The van der Waals surface area contributed by atoms with Crippen molar-refractivity contribution < 1.29 is 4.74 Å². The molecule has 1 aromatic carbocycles. The van der Waals surface area contributed by atoms with Gasteiger partial charge in [0.2, 0.25) is 0 Å². The van der Waals surface area contributed by atoms with Crippen LogP contribution in [0.4, 0.5) is 5.69 Å². The molecule has 4 nitrogen and oxygen atoms in total. The van der Waals surface area contributed by atoms with E-state index in [1.165, 1.54) is 11.1 Å². The number of aromatic nitrogens is 2. The molecule has 4 heteroatoms. The van der Waals surface area contributed by atoms with Gasteiger partial charge in [0.15, 0.2) is 0 Å². The van der Waals surface area contributed by atoms with Gasteiger partial charge in [0.1, 0.15) is 5.75 Å². The summed E-state index contributed by atoms with van der Waals surface area (Å²) in [7, 11) is 1.95. The molecular weight excluding hydrogens is 250 g/mol. The molecule has 1 aromatic heterocycles. The first-order valence-electron chi connectivity index (χ1n) is 7.01. The fraction of sp³-hybridized carbons (Fsp3) is 0.438. The second-order valence-corrected chi connectivity index (χ2v) is 5.12. The molecule has 1 atom stereocenters. The first kappa shape index (κ1) is 14.4. The van der Waals surface area contributed by atoms with Crippen molar-refractivity contribution in [1.29, 1.82) is 0 Å². The maximum atomic E-state index is 5.51. The molecule has 1 N–H and O–H groups in total. The maximum Gasteiger partial charge on any atom is 0.119 e. The molecule has 0 aliphatic rings. The standard InChI is InChI=1S/C16H23N3O/c1-6-20-14-7-8-16(11(2)9-14)17-12(3)15-10-19(5)18-13(15)4/h7-10,12,17H,6H2,1-5H3. The van der Waals surface area contributed by atoms with E-state index in [2.05, 4.69) is 42.6 Å². The van der Waals surface area contributed by atoms with Gasteiger partial charge < -0.3 is 10.1 Å². The Morgan fingerprint density at radius 2 is 2.10 bits per heavy atom. The van der Waals surface area contributed by atoms with Gasteiger partial charge in [-0.1, -0.05) is 0 Å². The largest absolute Gasteiger partial charge is 0.494 e. The van der Waals surface area contributed by atoms with E-state index >= 15 is 0 Å². The van der Waals surface area contributed by atoms with Gasteiger partial charge >= 0.3 is 0 Å². The number of anilines is 1. The zero-order chi connectivity index (χ0) is 14.7. The van der Waals surface area contributed by atoms with Crippen LogP contribution < -0.4 is 10.1 Å². The van der Waals surface area contributed by atoms with Gasteiger partial charge in [0.25, 0.3) is 0 Å². The number of benzene rings is 1. The van der Waals surface area contributed by atoms with Crippen LogP contribution in [0.3, 0.4) is 0 Å². The van der Waals surface area contributed by atoms with Crippen molar-refractivity contribution >= 4 is 5.69 Å². The molecular formula is C16H23N3O. The average Bonchev–Trinajstić information content (AvgIpc) is 2.72. The number of hydrogen-bond acceptors (Lipinski definition) is 3. The molecule has 1 heterocycles. The fourth-order valence-corrected chi connectivity index (χ4v) is 2.41. The quantitative estimate of drug-likeness (QED) is 0.904. The summed E-state index contributed by atoms with van der Waals surface area (Å²) in [5.41, 5.74) is 4.60. The molecule has 108 valence electrons. The SMILES string of the molecule is CCOc1ccc(NC(C)c2cn(C)nc2C)c(C)c1. The predicted molar refractivity (Wildman–Crippen MR) is 82.3 cm³/mol. The highest BCUT2D eigenvalue weighted by molar-refractivity contribution is 5.55. The Balaban J connectivity index is 2.15. The Labute approximate surface area is 120 Å².